The topological polar surface area (TPSA) is 129 Å². The van der Waals surface area contributed by atoms with E-state index in [2.05, 4.69) is 20.9 Å². The number of epoxide rings is 1. The van der Waals surface area contributed by atoms with Gasteiger partial charge >= 0.3 is 0 Å². The predicted molar refractivity (Wildman–Crippen MR) is 153 cm³/mol. The van der Waals surface area contributed by atoms with Crippen molar-refractivity contribution in [1.29, 1.82) is 0 Å². The minimum atomic E-state index is -0.994. The summed E-state index contributed by atoms with van der Waals surface area (Å²) in [4.78, 5) is 55.0. The Morgan fingerprint density at radius 3 is 2.15 bits per heavy atom. The molecule has 0 saturated carbocycles. The number of benzene rings is 2. The number of ketones is 1. The summed E-state index contributed by atoms with van der Waals surface area (Å²) in [6, 6.07) is 13.9. The molecule has 0 bridgehead atoms. The molecule has 2 saturated heterocycles. The highest BCUT2D eigenvalue weighted by atomic mass is 16.6. The first-order valence-corrected chi connectivity index (χ1v) is 14.0. The summed E-state index contributed by atoms with van der Waals surface area (Å²) in [5.41, 5.74) is 0.745. The molecule has 2 aliphatic rings. The molecule has 220 valence electrons. The second kappa shape index (κ2) is 13.3. The van der Waals surface area contributed by atoms with E-state index >= 15 is 0 Å². The highest BCUT2D eigenvalue weighted by molar-refractivity contribution is 5.98. The number of nitrogens with zero attached hydrogens (tertiary/aromatic N) is 1. The fourth-order valence-corrected chi connectivity index (χ4v) is 5.00. The molecule has 4 rings (SSSR count). The van der Waals surface area contributed by atoms with Gasteiger partial charge in [-0.15, -0.1) is 0 Å². The Balaban J connectivity index is 1.49. The van der Waals surface area contributed by atoms with Gasteiger partial charge in [0.2, 0.25) is 17.7 Å². The summed E-state index contributed by atoms with van der Waals surface area (Å²) in [6.45, 7) is 5.08. The standard InChI is InChI=1S/C31H40N4O6/c1-20(32-29(38)23-14-15-35(3)18-23)28(37)34-26(17-22-10-12-24(40-4)13-11-22)30(39)33-25(27(36)31(2)19-41-31)16-21-8-6-5-7-9-21/h5-13,20,23,25-26H,14-19H2,1-4H3,(H,32,38)(H,33,39)(H,34,37). The van der Waals surface area contributed by atoms with Crippen LogP contribution in [0.3, 0.4) is 0 Å². The monoisotopic (exact) mass is 564 g/mol. The van der Waals surface area contributed by atoms with Gasteiger partial charge in [0.15, 0.2) is 5.78 Å². The molecule has 2 heterocycles. The minimum absolute atomic E-state index is 0.176. The summed E-state index contributed by atoms with van der Waals surface area (Å²) in [6.07, 6.45) is 1.20. The Morgan fingerprint density at radius 1 is 0.951 bits per heavy atom. The first-order valence-electron chi connectivity index (χ1n) is 14.0. The van der Waals surface area contributed by atoms with Gasteiger partial charge in [0.05, 0.1) is 25.7 Å². The maximum absolute atomic E-state index is 13.7. The van der Waals surface area contributed by atoms with Gasteiger partial charge in [-0.3, -0.25) is 19.2 Å². The van der Waals surface area contributed by atoms with Crippen molar-refractivity contribution in [3.8, 4) is 5.75 Å². The van der Waals surface area contributed by atoms with Gasteiger partial charge in [0.25, 0.3) is 0 Å². The molecular formula is C31H40N4O6. The van der Waals surface area contributed by atoms with Gasteiger partial charge in [0.1, 0.15) is 23.4 Å². The lowest BCUT2D eigenvalue weighted by Crippen LogP contribution is -2.57. The first kappa shape index (κ1) is 30.2. The van der Waals surface area contributed by atoms with Crippen LogP contribution in [0.1, 0.15) is 31.4 Å². The molecule has 2 aromatic carbocycles. The molecule has 5 atom stereocenters. The molecule has 2 fully saturated rings. The fraction of sp³-hybridized carbons (Fsp3) is 0.484. The first-order chi connectivity index (χ1) is 19.6. The third-order valence-corrected chi connectivity index (χ3v) is 7.76. The summed E-state index contributed by atoms with van der Waals surface area (Å²) in [7, 11) is 3.52. The maximum Gasteiger partial charge on any atom is 0.243 e. The maximum atomic E-state index is 13.7. The number of hydrogen-bond acceptors (Lipinski definition) is 7. The molecular weight excluding hydrogens is 524 g/mol. The van der Waals surface area contributed by atoms with E-state index in [1.54, 1.807) is 33.1 Å². The van der Waals surface area contributed by atoms with Crippen LogP contribution in [0.15, 0.2) is 54.6 Å². The van der Waals surface area contributed by atoms with E-state index in [9.17, 15) is 19.2 Å². The number of methoxy groups -OCH3 is 1. The van der Waals surface area contributed by atoms with Crippen LogP contribution in [0.2, 0.25) is 0 Å². The fourth-order valence-electron chi connectivity index (χ4n) is 5.00. The van der Waals surface area contributed by atoms with E-state index < -0.39 is 35.5 Å². The Hall–Kier alpha value is -3.76. The van der Waals surface area contributed by atoms with Crippen molar-refractivity contribution in [1.82, 2.24) is 20.9 Å². The SMILES string of the molecule is COc1ccc(CC(NC(=O)C(C)NC(=O)C2CCN(C)C2)C(=O)NC(Cc2ccccc2)C(=O)C2(C)CO2)cc1. The zero-order valence-corrected chi connectivity index (χ0v) is 24.1. The van der Waals surface area contributed by atoms with Crippen LogP contribution in [0.25, 0.3) is 0 Å². The molecule has 10 nitrogen and oxygen atoms in total. The third-order valence-electron chi connectivity index (χ3n) is 7.76. The Bertz CT molecular complexity index is 1230. The van der Waals surface area contributed by atoms with Gasteiger partial charge < -0.3 is 30.3 Å². The van der Waals surface area contributed by atoms with E-state index in [1.807, 2.05) is 49.5 Å². The number of Topliss-reactive ketones (excluding diaryl/α,β-unsaturated/α-hetero) is 1. The number of rotatable bonds is 13. The minimum Gasteiger partial charge on any atom is -0.497 e. The van der Waals surface area contributed by atoms with Crippen LogP contribution < -0.4 is 20.7 Å². The number of carbonyl (C=O) groups excluding carboxylic acids is 4. The highest BCUT2D eigenvalue weighted by Gasteiger charge is 2.50. The lowest BCUT2D eigenvalue weighted by atomic mass is 9.94. The van der Waals surface area contributed by atoms with Crippen molar-refractivity contribution in [2.24, 2.45) is 5.92 Å². The number of ether oxygens (including phenoxy) is 2. The van der Waals surface area contributed by atoms with Crippen molar-refractivity contribution >= 4 is 23.5 Å². The Morgan fingerprint density at radius 2 is 1.56 bits per heavy atom. The number of likely N-dealkylation sites (tertiary alicyclic amines) is 1. The van der Waals surface area contributed by atoms with Gasteiger partial charge in [-0.05, 0) is 63.5 Å². The molecule has 0 aliphatic carbocycles. The number of hydrogen-bond donors (Lipinski definition) is 3. The third kappa shape index (κ3) is 8.14. The van der Waals surface area contributed by atoms with E-state index in [1.165, 1.54) is 0 Å². The summed E-state index contributed by atoms with van der Waals surface area (Å²) < 4.78 is 10.6. The molecule has 10 heteroatoms. The second-order valence-electron chi connectivity index (χ2n) is 11.2. The van der Waals surface area contributed by atoms with E-state index in [0.717, 1.165) is 24.1 Å². The van der Waals surface area contributed by atoms with Gasteiger partial charge in [-0.25, -0.2) is 0 Å². The molecule has 0 radical (unpaired) electrons. The molecule has 5 unspecified atom stereocenters. The largest absolute Gasteiger partial charge is 0.497 e. The second-order valence-corrected chi connectivity index (χ2v) is 11.2. The molecule has 2 aliphatic heterocycles. The van der Waals surface area contributed by atoms with E-state index in [4.69, 9.17) is 9.47 Å². The quantitative estimate of drug-likeness (QED) is 0.313. The van der Waals surface area contributed by atoms with E-state index in [0.29, 0.717) is 18.9 Å². The van der Waals surface area contributed by atoms with Gasteiger partial charge in [0, 0.05) is 13.0 Å². The van der Waals surface area contributed by atoms with Gasteiger partial charge in [-0.1, -0.05) is 42.5 Å². The number of carbonyl (C=O) groups is 4. The smallest absolute Gasteiger partial charge is 0.243 e. The molecule has 3 amide bonds. The van der Waals surface area contributed by atoms with Crippen molar-refractivity contribution in [2.45, 2.75) is 56.8 Å². The van der Waals surface area contributed by atoms with Crippen LogP contribution in [0.4, 0.5) is 0 Å². The predicted octanol–water partition coefficient (Wildman–Crippen LogP) is 1.26. The Kier molecular flexibility index (Phi) is 9.77. The van der Waals surface area contributed by atoms with Crippen LogP contribution in [0.5, 0.6) is 5.75 Å². The molecule has 0 spiro atoms. The Labute approximate surface area is 241 Å². The molecule has 0 aromatic heterocycles. The molecule has 3 N–H and O–H groups in total. The van der Waals surface area contributed by atoms with Crippen molar-refractivity contribution in [3.05, 3.63) is 65.7 Å². The van der Waals surface area contributed by atoms with Crippen LogP contribution in [-0.4, -0.2) is 86.0 Å². The van der Waals surface area contributed by atoms with Gasteiger partial charge in [-0.2, -0.15) is 0 Å². The average Bonchev–Trinajstić information content (AvgIpc) is 3.57. The normalized spacial score (nSPS) is 22.2. The summed E-state index contributed by atoms with van der Waals surface area (Å²) >= 11 is 0. The van der Waals surface area contributed by atoms with Crippen LogP contribution in [0, 0.1) is 5.92 Å². The van der Waals surface area contributed by atoms with Crippen molar-refractivity contribution < 1.29 is 28.7 Å². The average molecular weight is 565 g/mol. The number of nitrogens with one attached hydrogen (secondary N) is 3. The van der Waals surface area contributed by atoms with Crippen LogP contribution >= 0.6 is 0 Å². The zero-order chi connectivity index (χ0) is 29.6. The summed E-state index contributed by atoms with van der Waals surface area (Å²) in [5, 5.41) is 8.49. The lowest BCUT2D eigenvalue weighted by molar-refractivity contribution is -0.134. The van der Waals surface area contributed by atoms with Crippen LogP contribution in [-0.2, 0) is 36.8 Å². The lowest BCUT2D eigenvalue weighted by Gasteiger charge is -2.25. The number of amides is 3. The van der Waals surface area contributed by atoms with Crippen molar-refractivity contribution in [2.75, 3.05) is 33.9 Å². The van der Waals surface area contributed by atoms with Crippen molar-refractivity contribution in [3.63, 3.8) is 0 Å². The molecule has 2 aromatic rings. The summed E-state index contributed by atoms with van der Waals surface area (Å²) in [5.74, 6) is -0.889. The zero-order valence-electron chi connectivity index (χ0n) is 24.1. The van der Waals surface area contributed by atoms with E-state index in [-0.39, 0.29) is 30.4 Å². The highest BCUT2D eigenvalue weighted by Crippen LogP contribution is 2.29. The molecule has 41 heavy (non-hydrogen) atoms.